The van der Waals surface area contributed by atoms with Crippen LogP contribution >= 0.6 is 0 Å². The Hall–Kier alpha value is -0.960. The first-order valence-corrected chi connectivity index (χ1v) is 8.24. The first kappa shape index (κ1) is 19.0. The molecule has 0 saturated heterocycles. The highest BCUT2D eigenvalue weighted by Gasteiger charge is 2.23. The zero-order chi connectivity index (χ0) is 16.0. The summed E-state index contributed by atoms with van der Waals surface area (Å²) in [5.41, 5.74) is 2.59. The number of carbonyl (C=O) groups is 1. The van der Waals surface area contributed by atoms with Crippen LogP contribution < -0.4 is 5.48 Å². The van der Waals surface area contributed by atoms with Gasteiger partial charge in [0.05, 0.1) is 19.8 Å². The monoisotopic (exact) mass is 309 g/mol. The highest BCUT2D eigenvalue weighted by Crippen LogP contribution is 2.02. The van der Waals surface area contributed by atoms with Crippen LogP contribution in [0.4, 0.5) is 0 Å². The van der Waals surface area contributed by atoms with Gasteiger partial charge in [0.1, 0.15) is 35.6 Å². The third-order valence-corrected chi connectivity index (χ3v) is 3.54. The molecule has 7 nitrogen and oxygen atoms in total. The molecule has 1 amide bonds. The van der Waals surface area contributed by atoms with Gasteiger partial charge in [0.2, 0.25) is 0 Å². The summed E-state index contributed by atoms with van der Waals surface area (Å²) in [6.45, 7) is 6.08. The van der Waals surface area contributed by atoms with Gasteiger partial charge in [-0.1, -0.05) is 6.58 Å². The summed E-state index contributed by atoms with van der Waals surface area (Å²) in [4.78, 5) is 16.2. The Kier molecular flexibility index (Phi) is 7.35. The molecule has 0 fully saturated rings. The van der Waals surface area contributed by atoms with E-state index < -0.39 is 15.9 Å². The van der Waals surface area contributed by atoms with Crippen molar-refractivity contribution in [2.45, 2.75) is 13.0 Å². The molecule has 0 aromatic heterocycles. The largest absolute Gasteiger partial charge is 0.386 e. The van der Waals surface area contributed by atoms with E-state index in [9.17, 15) is 18.3 Å². The lowest BCUT2D eigenvalue weighted by molar-refractivity contribution is -0.893. The third kappa shape index (κ3) is 9.90. The maximum Gasteiger partial charge on any atom is 0.269 e. The number of aliphatic hydroxyl groups is 1. The van der Waals surface area contributed by atoms with Crippen molar-refractivity contribution in [2.24, 2.45) is 0 Å². The number of nitrogens with zero attached hydrogens (tertiary/aromatic N) is 1. The number of likely N-dealkylation sites (N-methyl/N-ethyl adjacent to an activating group) is 1. The van der Waals surface area contributed by atoms with Gasteiger partial charge in [-0.15, -0.1) is 0 Å². The van der Waals surface area contributed by atoms with Gasteiger partial charge in [-0.3, -0.25) is 9.63 Å². The number of nitrogens with one attached hydrogen (secondary N) is 1. The summed E-state index contributed by atoms with van der Waals surface area (Å²) in [6.07, 6.45) is 0.164. The molecule has 0 aliphatic heterocycles. The lowest BCUT2D eigenvalue weighted by Crippen LogP contribution is -2.49. The molecule has 1 atom stereocenters. The van der Waals surface area contributed by atoms with Crippen LogP contribution in [0.1, 0.15) is 6.92 Å². The molecule has 1 unspecified atom stereocenters. The normalized spacial score (nSPS) is 13.8. The van der Waals surface area contributed by atoms with Crippen LogP contribution in [0.2, 0.25) is 0 Å². The molecule has 0 bridgehead atoms. The van der Waals surface area contributed by atoms with Gasteiger partial charge in [-0.05, 0) is 6.92 Å². The fourth-order valence-corrected chi connectivity index (χ4v) is 2.36. The zero-order valence-corrected chi connectivity index (χ0v) is 13.4. The maximum atomic E-state index is 11.2. The van der Waals surface area contributed by atoms with E-state index in [0.29, 0.717) is 16.6 Å². The molecule has 0 aliphatic rings. The van der Waals surface area contributed by atoms with Crippen LogP contribution in [-0.2, 0) is 19.5 Å². The van der Waals surface area contributed by atoms with Gasteiger partial charge in [0, 0.05) is 11.8 Å². The lowest BCUT2D eigenvalue weighted by Gasteiger charge is -2.31. The highest BCUT2D eigenvalue weighted by atomic mass is 32.2. The number of rotatable bonds is 9. The van der Waals surface area contributed by atoms with E-state index in [0.717, 1.165) is 6.26 Å². The van der Waals surface area contributed by atoms with Crippen LogP contribution in [0.5, 0.6) is 0 Å². The average molecular weight is 309 g/mol. The molecule has 0 radical (unpaired) electrons. The fraction of sp³-hybridized carbons (Fsp3) is 0.750. The van der Waals surface area contributed by atoms with Gasteiger partial charge in [0.25, 0.3) is 5.91 Å². The number of hydrogen-bond donors (Lipinski definition) is 2. The van der Waals surface area contributed by atoms with E-state index in [2.05, 4.69) is 12.1 Å². The average Bonchev–Trinajstić information content (AvgIpc) is 2.19. The van der Waals surface area contributed by atoms with Crippen LogP contribution in [0.3, 0.4) is 0 Å². The highest BCUT2D eigenvalue weighted by molar-refractivity contribution is 7.90. The molecule has 118 valence electrons. The summed E-state index contributed by atoms with van der Waals surface area (Å²) < 4.78 is 22.5. The Balaban J connectivity index is 4.07. The van der Waals surface area contributed by atoms with Crippen molar-refractivity contribution in [3.8, 4) is 0 Å². The van der Waals surface area contributed by atoms with E-state index in [1.165, 1.54) is 0 Å². The van der Waals surface area contributed by atoms with E-state index in [1.807, 2.05) is 14.1 Å². The number of amides is 1. The first-order valence-electron chi connectivity index (χ1n) is 6.18. The Labute approximate surface area is 120 Å². The molecule has 0 aromatic carbocycles. The Morgan fingerprint density at radius 1 is 1.45 bits per heavy atom. The zero-order valence-electron chi connectivity index (χ0n) is 12.5. The van der Waals surface area contributed by atoms with Crippen molar-refractivity contribution in [3.63, 3.8) is 0 Å². The molecule has 20 heavy (non-hydrogen) atoms. The molecule has 0 aliphatic carbocycles. The van der Waals surface area contributed by atoms with Gasteiger partial charge in [-0.25, -0.2) is 13.9 Å². The minimum absolute atomic E-state index is 0.248. The number of hydrogen-bond acceptors (Lipinski definition) is 5. The second-order valence-corrected chi connectivity index (χ2v) is 7.83. The topological polar surface area (TPSA) is 92.7 Å². The molecule has 0 aromatic rings. The SMILES string of the molecule is C=C(C)C(=O)NOCC[N+](C)(C)CC(O)CS(C)(=O)=O. The van der Waals surface area contributed by atoms with Gasteiger partial charge < -0.3 is 9.59 Å². The number of sulfone groups is 1. The van der Waals surface area contributed by atoms with Crippen molar-refractivity contribution in [2.75, 3.05) is 45.8 Å². The van der Waals surface area contributed by atoms with Crippen LogP contribution in [0.15, 0.2) is 12.2 Å². The number of quaternary nitrogens is 1. The van der Waals surface area contributed by atoms with Crippen molar-refractivity contribution in [3.05, 3.63) is 12.2 Å². The first-order chi connectivity index (χ1) is 8.93. The summed E-state index contributed by atoms with van der Waals surface area (Å²) in [6, 6.07) is 0. The van der Waals surface area contributed by atoms with E-state index in [1.54, 1.807) is 6.92 Å². The minimum Gasteiger partial charge on any atom is -0.386 e. The van der Waals surface area contributed by atoms with E-state index in [-0.39, 0.29) is 24.8 Å². The quantitative estimate of drug-likeness (QED) is 0.249. The fourth-order valence-electron chi connectivity index (χ4n) is 1.56. The van der Waals surface area contributed by atoms with Gasteiger partial charge in [0.15, 0.2) is 0 Å². The number of carbonyl (C=O) groups excluding carboxylic acids is 1. The van der Waals surface area contributed by atoms with Crippen molar-refractivity contribution in [1.29, 1.82) is 0 Å². The maximum absolute atomic E-state index is 11.2. The summed E-state index contributed by atoms with van der Waals surface area (Å²) in [5.74, 6) is -0.644. The Bertz CT molecular complexity index is 445. The molecular formula is C12H25N2O5S+. The van der Waals surface area contributed by atoms with Gasteiger partial charge in [-0.2, -0.15) is 0 Å². The summed E-state index contributed by atoms with van der Waals surface area (Å²) >= 11 is 0. The second kappa shape index (κ2) is 7.72. The van der Waals surface area contributed by atoms with Crippen LogP contribution in [0.25, 0.3) is 0 Å². The smallest absolute Gasteiger partial charge is 0.269 e. The lowest BCUT2D eigenvalue weighted by atomic mass is 10.3. The van der Waals surface area contributed by atoms with E-state index >= 15 is 0 Å². The summed E-state index contributed by atoms with van der Waals surface area (Å²) in [7, 11) is 0.486. The standard InChI is InChI=1S/C12H24N2O5S/c1-10(2)12(16)13-19-7-6-14(3,4)8-11(15)9-20(5,17)18/h11,15H,1,6-9H2,2-5H3/p+1. The molecule has 8 heteroatoms. The molecule has 0 spiro atoms. The minimum atomic E-state index is -3.20. The van der Waals surface area contributed by atoms with Crippen LogP contribution in [-0.4, -0.2) is 75.8 Å². The Morgan fingerprint density at radius 2 is 2.00 bits per heavy atom. The van der Waals surface area contributed by atoms with Gasteiger partial charge >= 0.3 is 0 Å². The Morgan fingerprint density at radius 3 is 2.45 bits per heavy atom. The molecule has 0 heterocycles. The van der Waals surface area contributed by atoms with Crippen molar-refractivity contribution < 1.29 is 27.6 Å². The second-order valence-electron chi connectivity index (χ2n) is 5.65. The third-order valence-electron chi connectivity index (χ3n) is 2.55. The molecule has 0 rings (SSSR count). The van der Waals surface area contributed by atoms with Crippen LogP contribution in [0, 0.1) is 0 Å². The summed E-state index contributed by atoms with van der Waals surface area (Å²) in [5, 5.41) is 9.72. The van der Waals surface area contributed by atoms with E-state index in [4.69, 9.17) is 4.84 Å². The number of hydroxylamine groups is 1. The predicted molar refractivity (Wildman–Crippen MR) is 76.5 cm³/mol. The predicted octanol–water partition coefficient (Wildman–Crippen LogP) is -0.908. The van der Waals surface area contributed by atoms with Crippen molar-refractivity contribution in [1.82, 2.24) is 5.48 Å². The molecule has 0 saturated carbocycles. The van der Waals surface area contributed by atoms with Crippen molar-refractivity contribution >= 4 is 15.7 Å². The number of aliphatic hydroxyl groups excluding tert-OH is 1. The molecular weight excluding hydrogens is 284 g/mol. The molecule has 2 N–H and O–H groups in total.